The van der Waals surface area contributed by atoms with Crippen LogP contribution >= 0.6 is 0 Å². The number of halogens is 3. The van der Waals surface area contributed by atoms with Gasteiger partial charge in [-0.15, -0.1) is 0 Å². The molecule has 0 unspecified atom stereocenters. The summed E-state index contributed by atoms with van der Waals surface area (Å²) in [7, 11) is 0. The van der Waals surface area contributed by atoms with Crippen LogP contribution in [-0.2, 0) is 0 Å². The summed E-state index contributed by atoms with van der Waals surface area (Å²) in [4.78, 5) is 3.72. The van der Waals surface area contributed by atoms with Crippen molar-refractivity contribution in [2.45, 2.75) is 26.4 Å². The van der Waals surface area contributed by atoms with Gasteiger partial charge in [0.1, 0.15) is 0 Å². The molecule has 0 atom stereocenters. The molecule has 3 nitrogen and oxygen atoms in total. The van der Waals surface area contributed by atoms with Gasteiger partial charge in [0.05, 0.1) is 6.54 Å². The van der Waals surface area contributed by atoms with E-state index in [2.05, 4.69) is 24.1 Å². The fraction of sp³-hybridized carbons (Fsp3) is 1.00. The van der Waals surface area contributed by atoms with Crippen molar-refractivity contribution >= 4 is 0 Å². The number of alkyl halides is 3. The zero-order chi connectivity index (χ0) is 14.3. The lowest BCUT2D eigenvalue weighted by Gasteiger charge is -2.35. The Morgan fingerprint density at radius 1 is 1.00 bits per heavy atom. The van der Waals surface area contributed by atoms with E-state index in [0.717, 1.165) is 32.7 Å². The van der Waals surface area contributed by atoms with Gasteiger partial charge in [-0.2, -0.15) is 13.2 Å². The van der Waals surface area contributed by atoms with Gasteiger partial charge in [0, 0.05) is 39.3 Å². The molecule has 0 aromatic heterocycles. The molecule has 0 amide bonds. The molecule has 1 fully saturated rings. The number of piperazine rings is 1. The second-order valence-corrected chi connectivity index (χ2v) is 5.67. The van der Waals surface area contributed by atoms with Crippen molar-refractivity contribution < 1.29 is 13.2 Å². The zero-order valence-electron chi connectivity index (χ0n) is 12.0. The van der Waals surface area contributed by atoms with Gasteiger partial charge in [0.25, 0.3) is 0 Å². The Morgan fingerprint density at radius 3 is 2.11 bits per heavy atom. The Morgan fingerprint density at radius 2 is 1.58 bits per heavy atom. The van der Waals surface area contributed by atoms with E-state index in [9.17, 15) is 13.2 Å². The summed E-state index contributed by atoms with van der Waals surface area (Å²) < 4.78 is 36.7. The average molecular weight is 281 g/mol. The third-order valence-corrected chi connectivity index (χ3v) is 3.37. The van der Waals surface area contributed by atoms with E-state index in [1.54, 1.807) is 0 Å². The smallest absolute Gasteiger partial charge is 0.315 e. The van der Waals surface area contributed by atoms with E-state index in [1.165, 1.54) is 11.3 Å². The monoisotopic (exact) mass is 281 g/mol. The van der Waals surface area contributed by atoms with Crippen molar-refractivity contribution in [3.8, 4) is 0 Å². The molecule has 1 aliphatic rings. The van der Waals surface area contributed by atoms with Crippen molar-refractivity contribution in [1.29, 1.82) is 0 Å². The molecule has 0 aliphatic carbocycles. The van der Waals surface area contributed by atoms with Gasteiger partial charge in [-0.3, -0.25) is 9.80 Å². The lowest BCUT2D eigenvalue weighted by molar-refractivity contribution is -0.149. The highest BCUT2D eigenvalue weighted by molar-refractivity contribution is 4.74. The highest BCUT2D eigenvalue weighted by Gasteiger charge is 2.31. The Bertz CT molecular complexity index is 236. The number of hydrogen-bond acceptors (Lipinski definition) is 3. The molecule has 0 spiro atoms. The Hall–Kier alpha value is -0.330. The van der Waals surface area contributed by atoms with Crippen LogP contribution in [0.5, 0.6) is 0 Å². The molecular weight excluding hydrogens is 255 g/mol. The molecule has 1 rings (SSSR count). The normalized spacial score (nSPS) is 19.3. The summed E-state index contributed by atoms with van der Waals surface area (Å²) in [5.41, 5.74) is 0. The van der Waals surface area contributed by atoms with Gasteiger partial charge in [-0.1, -0.05) is 13.8 Å². The highest BCUT2D eigenvalue weighted by Crippen LogP contribution is 2.17. The standard InChI is InChI=1S/C13H26F3N3/c1-12(2)3-4-17-5-6-18-7-9-19(10-8-18)11-13(14,15)16/h12,17H,3-11H2,1-2H3. The molecule has 0 saturated carbocycles. The lowest BCUT2D eigenvalue weighted by atomic mass is 10.1. The summed E-state index contributed by atoms with van der Waals surface area (Å²) in [6.07, 6.45) is -2.90. The summed E-state index contributed by atoms with van der Waals surface area (Å²) >= 11 is 0. The Labute approximate surface area is 114 Å². The first kappa shape index (κ1) is 16.7. The molecule has 1 N–H and O–H groups in total. The molecular formula is C13H26F3N3. The molecule has 6 heteroatoms. The van der Waals surface area contributed by atoms with Crippen LogP contribution in [0.4, 0.5) is 13.2 Å². The first-order valence-electron chi connectivity index (χ1n) is 7.09. The van der Waals surface area contributed by atoms with Crippen molar-refractivity contribution in [1.82, 2.24) is 15.1 Å². The summed E-state index contributed by atoms with van der Waals surface area (Å²) in [6, 6.07) is 0. The molecule has 0 bridgehead atoms. The van der Waals surface area contributed by atoms with Crippen LogP contribution in [-0.4, -0.2) is 68.3 Å². The maximum atomic E-state index is 12.2. The fourth-order valence-electron chi connectivity index (χ4n) is 2.18. The molecule has 19 heavy (non-hydrogen) atoms. The van der Waals surface area contributed by atoms with Crippen molar-refractivity contribution in [3.63, 3.8) is 0 Å². The number of hydrogen-bond donors (Lipinski definition) is 1. The summed E-state index contributed by atoms with van der Waals surface area (Å²) in [5.74, 6) is 0.707. The molecule has 0 aromatic rings. The minimum absolute atomic E-state index is 0.519. The van der Waals surface area contributed by atoms with Gasteiger partial charge >= 0.3 is 6.18 Å². The minimum atomic E-state index is -4.07. The van der Waals surface area contributed by atoms with Crippen LogP contribution in [0.1, 0.15) is 20.3 Å². The van der Waals surface area contributed by atoms with Crippen LogP contribution in [0.2, 0.25) is 0 Å². The van der Waals surface area contributed by atoms with Crippen molar-refractivity contribution in [3.05, 3.63) is 0 Å². The molecule has 1 aliphatic heterocycles. The van der Waals surface area contributed by atoms with Crippen LogP contribution in [0.15, 0.2) is 0 Å². The first-order valence-corrected chi connectivity index (χ1v) is 7.09. The van der Waals surface area contributed by atoms with E-state index in [-0.39, 0.29) is 0 Å². The van der Waals surface area contributed by atoms with Gasteiger partial charge < -0.3 is 5.32 Å². The summed E-state index contributed by atoms with van der Waals surface area (Å²) in [6.45, 7) is 9.01. The second kappa shape index (κ2) is 8.07. The zero-order valence-corrected chi connectivity index (χ0v) is 12.0. The topological polar surface area (TPSA) is 18.5 Å². The predicted molar refractivity (Wildman–Crippen MR) is 71.3 cm³/mol. The fourth-order valence-corrected chi connectivity index (χ4v) is 2.18. The summed E-state index contributed by atoms with van der Waals surface area (Å²) in [5, 5.41) is 3.38. The molecule has 1 heterocycles. The van der Waals surface area contributed by atoms with Crippen LogP contribution in [0, 0.1) is 5.92 Å². The average Bonchev–Trinajstić information content (AvgIpc) is 2.28. The Kier molecular flexibility index (Phi) is 7.10. The lowest BCUT2D eigenvalue weighted by Crippen LogP contribution is -2.50. The van der Waals surface area contributed by atoms with Crippen molar-refractivity contribution in [2.24, 2.45) is 5.92 Å². The SMILES string of the molecule is CC(C)CCNCCN1CCN(CC(F)(F)F)CC1. The van der Waals surface area contributed by atoms with E-state index >= 15 is 0 Å². The van der Waals surface area contributed by atoms with Gasteiger partial charge in [0.2, 0.25) is 0 Å². The van der Waals surface area contributed by atoms with E-state index in [0.29, 0.717) is 19.0 Å². The third kappa shape index (κ3) is 8.44. The van der Waals surface area contributed by atoms with E-state index < -0.39 is 12.7 Å². The number of nitrogens with one attached hydrogen (secondary N) is 1. The van der Waals surface area contributed by atoms with Crippen LogP contribution in [0.3, 0.4) is 0 Å². The predicted octanol–water partition coefficient (Wildman–Crippen LogP) is 1.80. The van der Waals surface area contributed by atoms with Gasteiger partial charge in [-0.25, -0.2) is 0 Å². The van der Waals surface area contributed by atoms with E-state index in [1.807, 2.05) is 0 Å². The molecule has 0 aromatic carbocycles. The molecule has 0 radical (unpaired) electrons. The van der Waals surface area contributed by atoms with Gasteiger partial charge in [-0.05, 0) is 18.9 Å². The quantitative estimate of drug-likeness (QED) is 0.718. The van der Waals surface area contributed by atoms with Crippen LogP contribution < -0.4 is 5.32 Å². The molecule has 1 saturated heterocycles. The first-order chi connectivity index (χ1) is 8.87. The van der Waals surface area contributed by atoms with E-state index in [4.69, 9.17) is 0 Å². The Balaban J connectivity index is 2.04. The molecule has 114 valence electrons. The highest BCUT2D eigenvalue weighted by atomic mass is 19.4. The third-order valence-electron chi connectivity index (χ3n) is 3.37. The number of nitrogens with zero attached hydrogens (tertiary/aromatic N) is 2. The van der Waals surface area contributed by atoms with Crippen LogP contribution in [0.25, 0.3) is 0 Å². The number of rotatable bonds is 7. The maximum Gasteiger partial charge on any atom is 0.401 e. The maximum absolute atomic E-state index is 12.2. The largest absolute Gasteiger partial charge is 0.401 e. The minimum Gasteiger partial charge on any atom is -0.315 e. The second-order valence-electron chi connectivity index (χ2n) is 5.67. The van der Waals surface area contributed by atoms with Crippen molar-refractivity contribution in [2.75, 3.05) is 52.4 Å². The van der Waals surface area contributed by atoms with Gasteiger partial charge in [0.15, 0.2) is 0 Å².